The number of ether oxygens (including phenoxy) is 1. The molecule has 6 nitrogen and oxygen atoms in total. The summed E-state index contributed by atoms with van der Waals surface area (Å²) in [6.45, 7) is 6.93. The fourth-order valence-corrected chi connectivity index (χ4v) is 1.38. The summed E-state index contributed by atoms with van der Waals surface area (Å²) in [6.07, 6.45) is 1.25. The van der Waals surface area contributed by atoms with Crippen LogP contribution in [0.3, 0.4) is 0 Å². The van der Waals surface area contributed by atoms with E-state index in [9.17, 15) is 10.1 Å². The average molecular weight is 239 g/mol. The molecule has 0 aliphatic carbocycles. The van der Waals surface area contributed by atoms with Gasteiger partial charge < -0.3 is 10.1 Å². The average Bonchev–Trinajstić information content (AvgIpc) is 2.28. The molecule has 0 amide bonds. The molecule has 1 aromatic rings. The lowest BCUT2D eigenvalue weighted by molar-refractivity contribution is -0.385. The van der Waals surface area contributed by atoms with Crippen molar-refractivity contribution in [2.24, 2.45) is 0 Å². The zero-order chi connectivity index (χ0) is 12.8. The second kappa shape index (κ2) is 6.15. The van der Waals surface area contributed by atoms with Crippen LogP contribution in [0.1, 0.15) is 19.4 Å². The topological polar surface area (TPSA) is 77.3 Å². The molecule has 0 aliphatic rings. The second-order valence-electron chi connectivity index (χ2n) is 3.82. The minimum atomic E-state index is -0.451. The summed E-state index contributed by atoms with van der Waals surface area (Å²) in [7, 11) is 0. The van der Waals surface area contributed by atoms with E-state index < -0.39 is 4.92 Å². The molecular weight excluding hydrogens is 222 g/mol. The molecule has 6 heteroatoms. The van der Waals surface area contributed by atoms with Crippen LogP contribution in [0.15, 0.2) is 12.3 Å². The van der Waals surface area contributed by atoms with Gasteiger partial charge in [-0.15, -0.1) is 0 Å². The highest BCUT2D eigenvalue weighted by Gasteiger charge is 2.11. The number of nitrogens with one attached hydrogen (secondary N) is 1. The largest absolute Gasteiger partial charge is 0.380 e. The van der Waals surface area contributed by atoms with Crippen LogP contribution in [-0.4, -0.2) is 29.2 Å². The van der Waals surface area contributed by atoms with Gasteiger partial charge >= 0.3 is 0 Å². The third kappa shape index (κ3) is 3.99. The van der Waals surface area contributed by atoms with Gasteiger partial charge in [0.1, 0.15) is 12.0 Å². The van der Waals surface area contributed by atoms with Crippen LogP contribution in [-0.2, 0) is 4.74 Å². The number of hydrogen-bond donors (Lipinski definition) is 1. The molecule has 1 atom stereocenters. The monoisotopic (exact) mass is 239 g/mol. The Kier molecular flexibility index (Phi) is 4.84. The molecule has 0 bridgehead atoms. The molecule has 0 fully saturated rings. The van der Waals surface area contributed by atoms with Crippen molar-refractivity contribution in [2.75, 3.05) is 18.5 Å². The number of pyridine rings is 1. The molecular formula is C11H17N3O3. The molecule has 0 aromatic carbocycles. The van der Waals surface area contributed by atoms with Crippen molar-refractivity contribution in [1.29, 1.82) is 0 Å². The quantitative estimate of drug-likeness (QED) is 0.607. The van der Waals surface area contributed by atoms with Crippen molar-refractivity contribution in [3.05, 3.63) is 27.9 Å². The molecule has 0 saturated carbocycles. The van der Waals surface area contributed by atoms with Gasteiger partial charge in [-0.2, -0.15) is 0 Å². The fourth-order valence-electron chi connectivity index (χ4n) is 1.38. The van der Waals surface area contributed by atoms with Crippen LogP contribution in [0.4, 0.5) is 11.5 Å². The Bertz CT molecular complexity index is 396. The molecule has 1 aromatic heterocycles. The highest BCUT2D eigenvalue weighted by atomic mass is 16.6. The van der Waals surface area contributed by atoms with Crippen molar-refractivity contribution in [1.82, 2.24) is 4.98 Å². The van der Waals surface area contributed by atoms with E-state index in [1.54, 1.807) is 6.92 Å². The Hall–Kier alpha value is -1.69. The van der Waals surface area contributed by atoms with Crippen LogP contribution in [0, 0.1) is 17.0 Å². The zero-order valence-corrected chi connectivity index (χ0v) is 10.3. The van der Waals surface area contributed by atoms with Gasteiger partial charge in [-0.05, 0) is 26.3 Å². The van der Waals surface area contributed by atoms with Crippen LogP contribution in [0.2, 0.25) is 0 Å². The predicted octanol–water partition coefficient (Wildman–Crippen LogP) is 2.14. The third-order valence-corrected chi connectivity index (χ3v) is 2.23. The Morgan fingerprint density at radius 2 is 2.35 bits per heavy atom. The van der Waals surface area contributed by atoms with Crippen LogP contribution in [0.5, 0.6) is 0 Å². The zero-order valence-electron chi connectivity index (χ0n) is 10.3. The van der Waals surface area contributed by atoms with E-state index in [2.05, 4.69) is 10.3 Å². The summed E-state index contributed by atoms with van der Waals surface area (Å²) in [4.78, 5) is 14.1. The minimum Gasteiger partial charge on any atom is -0.380 e. The highest BCUT2D eigenvalue weighted by Crippen LogP contribution is 2.18. The lowest BCUT2D eigenvalue weighted by Crippen LogP contribution is -2.22. The number of aromatic nitrogens is 1. The van der Waals surface area contributed by atoms with Crippen LogP contribution >= 0.6 is 0 Å². The van der Waals surface area contributed by atoms with E-state index in [1.165, 1.54) is 12.3 Å². The van der Waals surface area contributed by atoms with E-state index in [-0.39, 0.29) is 11.7 Å². The molecule has 0 aliphatic heterocycles. The van der Waals surface area contributed by atoms with E-state index in [1.807, 2.05) is 13.8 Å². The molecule has 1 heterocycles. The maximum absolute atomic E-state index is 10.6. The Labute approximate surface area is 100 Å². The SMILES string of the molecule is CCOCC(C)Nc1ncc([N+](=O)[O-])cc1C. The Morgan fingerprint density at radius 1 is 1.65 bits per heavy atom. The first-order chi connectivity index (χ1) is 8.04. The first-order valence-corrected chi connectivity index (χ1v) is 5.50. The standard InChI is InChI=1S/C11H17N3O3/c1-4-17-7-9(3)13-11-8(2)5-10(6-12-11)14(15)16/h5-6,9H,4,7H2,1-3H3,(H,12,13). The first-order valence-electron chi connectivity index (χ1n) is 5.50. The molecule has 1 rings (SSSR count). The van der Waals surface area contributed by atoms with Gasteiger partial charge in [0.2, 0.25) is 0 Å². The summed E-state index contributed by atoms with van der Waals surface area (Å²) < 4.78 is 5.27. The van der Waals surface area contributed by atoms with Gasteiger partial charge in [0, 0.05) is 18.7 Å². The summed E-state index contributed by atoms with van der Waals surface area (Å²) in [5, 5.41) is 13.7. The maximum atomic E-state index is 10.6. The first kappa shape index (κ1) is 13.4. The maximum Gasteiger partial charge on any atom is 0.287 e. The van der Waals surface area contributed by atoms with E-state index in [4.69, 9.17) is 4.74 Å². The summed E-state index contributed by atoms with van der Waals surface area (Å²) in [5.41, 5.74) is 0.757. The van der Waals surface area contributed by atoms with Gasteiger partial charge in [0.15, 0.2) is 0 Å². The third-order valence-electron chi connectivity index (χ3n) is 2.23. The molecule has 94 valence electrons. The van der Waals surface area contributed by atoms with Gasteiger partial charge in [-0.3, -0.25) is 10.1 Å². The number of nitro groups is 1. The number of aryl methyl sites for hydroxylation is 1. The van der Waals surface area contributed by atoms with Crippen molar-refractivity contribution >= 4 is 11.5 Å². The fraction of sp³-hybridized carbons (Fsp3) is 0.545. The Balaban J connectivity index is 2.69. The lowest BCUT2D eigenvalue weighted by Gasteiger charge is -2.15. The Morgan fingerprint density at radius 3 is 2.88 bits per heavy atom. The normalized spacial score (nSPS) is 12.2. The smallest absolute Gasteiger partial charge is 0.287 e. The summed E-state index contributed by atoms with van der Waals surface area (Å²) >= 11 is 0. The molecule has 0 saturated heterocycles. The van der Waals surface area contributed by atoms with E-state index >= 15 is 0 Å². The molecule has 1 unspecified atom stereocenters. The number of hydrogen-bond acceptors (Lipinski definition) is 5. The molecule has 17 heavy (non-hydrogen) atoms. The minimum absolute atomic E-state index is 0.00510. The van der Waals surface area contributed by atoms with Gasteiger partial charge in [-0.25, -0.2) is 4.98 Å². The molecule has 0 radical (unpaired) electrons. The van der Waals surface area contributed by atoms with Gasteiger partial charge in [0.25, 0.3) is 5.69 Å². The van der Waals surface area contributed by atoms with Crippen molar-refractivity contribution in [2.45, 2.75) is 26.8 Å². The van der Waals surface area contributed by atoms with E-state index in [0.717, 1.165) is 5.56 Å². The van der Waals surface area contributed by atoms with Crippen molar-refractivity contribution in [3.8, 4) is 0 Å². The van der Waals surface area contributed by atoms with Gasteiger partial charge in [-0.1, -0.05) is 0 Å². The number of rotatable bonds is 6. The summed E-state index contributed by atoms with van der Waals surface area (Å²) in [6, 6.07) is 1.62. The molecule has 1 N–H and O–H groups in total. The van der Waals surface area contributed by atoms with Crippen LogP contribution < -0.4 is 5.32 Å². The summed E-state index contributed by atoms with van der Waals surface area (Å²) in [5.74, 6) is 0.655. The lowest BCUT2D eigenvalue weighted by atomic mass is 10.2. The van der Waals surface area contributed by atoms with E-state index in [0.29, 0.717) is 19.0 Å². The van der Waals surface area contributed by atoms with Crippen molar-refractivity contribution < 1.29 is 9.66 Å². The number of anilines is 1. The molecule has 0 spiro atoms. The van der Waals surface area contributed by atoms with Gasteiger partial charge in [0.05, 0.1) is 11.5 Å². The second-order valence-corrected chi connectivity index (χ2v) is 3.82. The highest BCUT2D eigenvalue weighted by molar-refractivity contribution is 5.48. The van der Waals surface area contributed by atoms with Crippen molar-refractivity contribution in [3.63, 3.8) is 0 Å². The number of nitrogens with zero attached hydrogens (tertiary/aromatic N) is 2. The van der Waals surface area contributed by atoms with Crippen LogP contribution in [0.25, 0.3) is 0 Å². The predicted molar refractivity (Wildman–Crippen MR) is 65.2 cm³/mol.